The first kappa shape index (κ1) is 17.8. The van der Waals surface area contributed by atoms with Crippen LogP contribution in [0.1, 0.15) is 83.1 Å². The summed E-state index contributed by atoms with van der Waals surface area (Å²) in [6, 6.07) is 8.56. The molecule has 0 N–H and O–H groups in total. The fraction of sp³-hybridized carbons (Fsp3) is 0.727. The standard InChI is InChI=1S/C22H34O2/c1-2-18-13-15-21(16-14-18)24-22(17-19-9-5-3-6-10-19)23-20-11-7-4-8-12-20/h13-16,19-20,22H,2-12,17H2,1H3. The molecule has 0 bridgehead atoms. The molecule has 2 fully saturated rings. The minimum absolute atomic E-state index is 0.0660. The van der Waals surface area contributed by atoms with Crippen LogP contribution in [0.15, 0.2) is 24.3 Å². The Kier molecular flexibility index (Phi) is 7.01. The Bertz CT molecular complexity index is 435. The van der Waals surface area contributed by atoms with Crippen molar-refractivity contribution in [2.24, 2.45) is 5.92 Å². The molecule has 0 spiro atoms. The van der Waals surface area contributed by atoms with Crippen LogP contribution in [0.4, 0.5) is 0 Å². The maximum absolute atomic E-state index is 6.43. The third kappa shape index (κ3) is 5.51. The van der Waals surface area contributed by atoms with Crippen molar-refractivity contribution in [3.8, 4) is 5.75 Å². The van der Waals surface area contributed by atoms with E-state index in [0.29, 0.717) is 6.10 Å². The number of benzene rings is 1. The first-order valence-electron chi connectivity index (χ1n) is 10.2. The van der Waals surface area contributed by atoms with Gasteiger partial charge in [-0.3, -0.25) is 0 Å². The summed E-state index contributed by atoms with van der Waals surface area (Å²) in [5.41, 5.74) is 1.36. The predicted octanol–water partition coefficient (Wildman–Crippen LogP) is 6.27. The Morgan fingerprint density at radius 1 is 0.875 bits per heavy atom. The molecule has 2 nitrogen and oxygen atoms in total. The Balaban J connectivity index is 1.60. The van der Waals surface area contributed by atoms with Gasteiger partial charge in [-0.2, -0.15) is 0 Å². The molecule has 0 radical (unpaired) electrons. The van der Waals surface area contributed by atoms with Crippen LogP contribution in [0.3, 0.4) is 0 Å². The van der Waals surface area contributed by atoms with Gasteiger partial charge in [-0.05, 0) is 42.9 Å². The van der Waals surface area contributed by atoms with Crippen LogP contribution in [0.5, 0.6) is 5.75 Å². The van der Waals surface area contributed by atoms with E-state index in [4.69, 9.17) is 9.47 Å². The quantitative estimate of drug-likeness (QED) is 0.548. The van der Waals surface area contributed by atoms with Crippen LogP contribution < -0.4 is 4.74 Å². The molecule has 2 saturated carbocycles. The van der Waals surface area contributed by atoms with Gasteiger partial charge in [-0.1, -0.05) is 70.4 Å². The predicted molar refractivity (Wildman–Crippen MR) is 99.4 cm³/mol. The summed E-state index contributed by atoms with van der Waals surface area (Å²) in [4.78, 5) is 0. The highest BCUT2D eigenvalue weighted by Crippen LogP contribution is 2.31. The summed E-state index contributed by atoms with van der Waals surface area (Å²) in [7, 11) is 0. The second-order valence-corrected chi connectivity index (χ2v) is 7.68. The average molecular weight is 331 g/mol. The topological polar surface area (TPSA) is 18.5 Å². The molecule has 24 heavy (non-hydrogen) atoms. The molecular weight excluding hydrogens is 296 g/mol. The van der Waals surface area contributed by atoms with Crippen LogP contribution in [0.2, 0.25) is 0 Å². The molecule has 0 amide bonds. The van der Waals surface area contributed by atoms with E-state index in [-0.39, 0.29) is 6.29 Å². The van der Waals surface area contributed by atoms with Gasteiger partial charge in [0, 0.05) is 6.42 Å². The highest BCUT2D eigenvalue weighted by Gasteiger charge is 2.25. The third-order valence-electron chi connectivity index (χ3n) is 5.75. The minimum atomic E-state index is -0.0660. The molecular formula is C22H34O2. The number of rotatable bonds is 7. The fourth-order valence-electron chi connectivity index (χ4n) is 4.20. The molecule has 1 atom stereocenters. The monoisotopic (exact) mass is 330 g/mol. The lowest BCUT2D eigenvalue weighted by molar-refractivity contribution is -0.138. The zero-order valence-electron chi connectivity index (χ0n) is 15.3. The molecule has 1 unspecified atom stereocenters. The summed E-state index contributed by atoms with van der Waals surface area (Å²) in [6.07, 6.45) is 15.7. The lowest BCUT2D eigenvalue weighted by Crippen LogP contribution is -2.31. The van der Waals surface area contributed by atoms with Gasteiger partial charge < -0.3 is 9.47 Å². The molecule has 2 heteroatoms. The molecule has 1 aromatic carbocycles. The molecule has 2 aliphatic carbocycles. The van der Waals surface area contributed by atoms with Gasteiger partial charge >= 0.3 is 0 Å². The van der Waals surface area contributed by atoms with E-state index in [9.17, 15) is 0 Å². The fourth-order valence-corrected chi connectivity index (χ4v) is 4.20. The van der Waals surface area contributed by atoms with Gasteiger partial charge in [0.2, 0.25) is 0 Å². The van der Waals surface area contributed by atoms with E-state index in [1.165, 1.54) is 69.8 Å². The van der Waals surface area contributed by atoms with Gasteiger partial charge in [0.1, 0.15) is 5.75 Å². The molecule has 134 valence electrons. The SMILES string of the molecule is CCc1ccc(OC(CC2CCCCC2)OC2CCCCC2)cc1. The van der Waals surface area contributed by atoms with Crippen LogP contribution in [-0.4, -0.2) is 12.4 Å². The minimum Gasteiger partial charge on any atom is -0.465 e. The van der Waals surface area contributed by atoms with Gasteiger partial charge in [0.05, 0.1) is 6.10 Å². The third-order valence-corrected chi connectivity index (χ3v) is 5.75. The van der Waals surface area contributed by atoms with Crippen molar-refractivity contribution in [3.63, 3.8) is 0 Å². The zero-order chi connectivity index (χ0) is 16.6. The molecule has 1 aromatic rings. The van der Waals surface area contributed by atoms with Crippen LogP contribution >= 0.6 is 0 Å². The van der Waals surface area contributed by atoms with E-state index in [0.717, 1.165) is 24.5 Å². The number of hydrogen-bond donors (Lipinski definition) is 0. The van der Waals surface area contributed by atoms with E-state index in [1.54, 1.807) is 0 Å². The van der Waals surface area contributed by atoms with Gasteiger partial charge in [-0.15, -0.1) is 0 Å². The number of aryl methyl sites for hydroxylation is 1. The molecule has 0 saturated heterocycles. The Morgan fingerprint density at radius 2 is 1.50 bits per heavy atom. The average Bonchev–Trinajstić information content (AvgIpc) is 2.64. The highest BCUT2D eigenvalue weighted by molar-refractivity contribution is 5.27. The van der Waals surface area contributed by atoms with Gasteiger partial charge in [0.15, 0.2) is 6.29 Å². The highest BCUT2D eigenvalue weighted by atomic mass is 16.7. The van der Waals surface area contributed by atoms with Crippen LogP contribution in [-0.2, 0) is 11.2 Å². The molecule has 0 aliphatic heterocycles. The van der Waals surface area contributed by atoms with Crippen LogP contribution in [0.25, 0.3) is 0 Å². The van der Waals surface area contributed by atoms with E-state index in [2.05, 4.69) is 31.2 Å². The Morgan fingerprint density at radius 3 is 2.12 bits per heavy atom. The van der Waals surface area contributed by atoms with Crippen molar-refractivity contribution in [1.82, 2.24) is 0 Å². The van der Waals surface area contributed by atoms with Crippen molar-refractivity contribution < 1.29 is 9.47 Å². The van der Waals surface area contributed by atoms with Crippen molar-refractivity contribution in [3.05, 3.63) is 29.8 Å². The van der Waals surface area contributed by atoms with Gasteiger partial charge in [0.25, 0.3) is 0 Å². The first-order chi connectivity index (χ1) is 11.8. The van der Waals surface area contributed by atoms with Crippen molar-refractivity contribution in [1.29, 1.82) is 0 Å². The van der Waals surface area contributed by atoms with E-state index in [1.807, 2.05) is 0 Å². The zero-order valence-corrected chi connectivity index (χ0v) is 15.3. The summed E-state index contributed by atoms with van der Waals surface area (Å²) in [6.45, 7) is 2.19. The largest absolute Gasteiger partial charge is 0.465 e. The lowest BCUT2D eigenvalue weighted by atomic mass is 9.87. The van der Waals surface area contributed by atoms with Crippen LogP contribution in [0, 0.1) is 5.92 Å². The normalized spacial score (nSPS) is 21.5. The van der Waals surface area contributed by atoms with Gasteiger partial charge in [-0.25, -0.2) is 0 Å². The molecule has 3 rings (SSSR count). The maximum Gasteiger partial charge on any atom is 0.200 e. The van der Waals surface area contributed by atoms with Crippen molar-refractivity contribution in [2.45, 2.75) is 96.4 Å². The molecule has 0 aromatic heterocycles. The van der Waals surface area contributed by atoms with E-state index < -0.39 is 0 Å². The number of ether oxygens (including phenoxy) is 2. The second kappa shape index (κ2) is 9.46. The summed E-state index contributed by atoms with van der Waals surface area (Å²) in [5, 5.41) is 0. The summed E-state index contributed by atoms with van der Waals surface area (Å²) >= 11 is 0. The number of hydrogen-bond acceptors (Lipinski definition) is 2. The maximum atomic E-state index is 6.43. The summed E-state index contributed by atoms with van der Waals surface area (Å²) < 4.78 is 12.7. The Labute approximate surface area is 147 Å². The van der Waals surface area contributed by atoms with Crippen molar-refractivity contribution in [2.75, 3.05) is 0 Å². The smallest absolute Gasteiger partial charge is 0.200 e. The second-order valence-electron chi connectivity index (χ2n) is 7.68. The summed E-state index contributed by atoms with van der Waals surface area (Å²) in [5.74, 6) is 1.74. The molecule has 0 heterocycles. The van der Waals surface area contributed by atoms with E-state index >= 15 is 0 Å². The van der Waals surface area contributed by atoms with Crippen molar-refractivity contribution >= 4 is 0 Å². The Hall–Kier alpha value is -1.02. The molecule has 2 aliphatic rings. The first-order valence-corrected chi connectivity index (χ1v) is 10.2. The lowest BCUT2D eigenvalue weighted by Gasteiger charge is -2.31.